The molecule has 2 aromatic rings. The number of anilines is 2. The lowest BCUT2D eigenvalue weighted by Crippen LogP contribution is -2.51. The van der Waals surface area contributed by atoms with Crippen LogP contribution in [-0.4, -0.2) is 72.2 Å². The number of hydrogen-bond acceptors (Lipinski definition) is 9. The van der Waals surface area contributed by atoms with E-state index < -0.39 is 22.2 Å². The van der Waals surface area contributed by atoms with Crippen LogP contribution < -0.4 is 21.5 Å². The Hall–Kier alpha value is -2.64. The SMILES string of the molecule is CC1CC(Nc2cc3ncc(S(C)(=O)=O)cc3c(NC3C[C@H]4CC[C@@H](C3)N4C(=O)C(F)F)n2)NN1. The number of pyridine rings is 2. The van der Waals surface area contributed by atoms with Crippen LogP contribution >= 0.6 is 0 Å². The third-order valence-electron chi connectivity index (χ3n) is 7.01. The molecule has 35 heavy (non-hydrogen) atoms. The molecule has 3 aliphatic heterocycles. The molecule has 0 saturated carbocycles. The van der Waals surface area contributed by atoms with E-state index in [9.17, 15) is 22.0 Å². The maximum absolute atomic E-state index is 13.1. The molecule has 3 unspecified atom stereocenters. The highest BCUT2D eigenvalue weighted by atomic mass is 32.2. The number of carbonyl (C=O) groups is 1. The van der Waals surface area contributed by atoms with Gasteiger partial charge in [-0.05, 0) is 45.1 Å². The lowest BCUT2D eigenvalue weighted by molar-refractivity contribution is -0.147. The molecular weight excluding hydrogens is 480 g/mol. The average Bonchev–Trinajstić information content (AvgIpc) is 3.31. The van der Waals surface area contributed by atoms with E-state index in [0.29, 0.717) is 48.2 Å². The number of aromatic nitrogens is 2. The summed E-state index contributed by atoms with van der Waals surface area (Å²) in [7, 11) is -3.48. The van der Waals surface area contributed by atoms with Crippen molar-refractivity contribution >= 4 is 38.3 Å². The summed E-state index contributed by atoms with van der Waals surface area (Å²) in [6.07, 6.45) is 2.65. The fourth-order valence-corrected chi connectivity index (χ4v) is 6.01. The van der Waals surface area contributed by atoms with E-state index in [1.54, 1.807) is 12.1 Å². The molecule has 5 rings (SSSR count). The van der Waals surface area contributed by atoms with Gasteiger partial charge in [-0.2, -0.15) is 8.78 Å². The van der Waals surface area contributed by atoms with Crippen LogP contribution in [0.3, 0.4) is 0 Å². The van der Waals surface area contributed by atoms with Crippen LogP contribution in [0.1, 0.15) is 39.0 Å². The van der Waals surface area contributed by atoms with Crippen LogP contribution in [0, 0.1) is 0 Å². The molecule has 1 amide bonds. The maximum Gasteiger partial charge on any atom is 0.315 e. The summed E-state index contributed by atoms with van der Waals surface area (Å²) >= 11 is 0. The van der Waals surface area contributed by atoms with E-state index in [4.69, 9.17) is 4.98 Å². The van der Waals surface area contributed by atoms with Crippen molar-refractivity contribution in [3.63, 3.8) is 0 Å². The number of alkyl halides is 2. The molecule has 3 saturated heterocycles. The first-order valence-corrected chi connectivity index (χ1v) is 13.6. The second kappa shape index (κ2) is 9.10. The van der Waals surface area contributed by atoms with Gasteiger partial charge >= 0.3 is 6.43 Å². The summed E-state index contributed by atoms with van der Waals surface area (Å²) in [4.78, 5) is 22.6. The van der Waals surface area contributed by atoms with Gasteiger partial charge < -0.3 is 15.5 Å². The summed E-state index contributed by atoms with van der Waals surface area (Å²) in [5.74, 6) is -0.0547. The number of hydrogen-bond donors (Lipinski definition) is 4. The Morgan fingerprint density at radius 1 is 1.14 bits per heavy atom. The van der Waals surface area contributed by atoms with Crippen molar-refractivity contribution in [1.29, 1.82) is 0 Å². The molecule has 0 aliphatic carbocycles. The molecule has 2 aromatic heterocycles. The largest absolute Gasteiger partial charge is 0.367 e. The third-order valence-corrected chi connectivity index (χ3v) is 8.09. The number of amides is 1. The summed E-state index contributed by atoms with van der Waals surface area (Å²) in [5, 5.41) is 7.31. The molecule has 13 heteroatoms. The number of halogens is 2. The molecule has 0 spiro atoms. The minimum atomic E-state index is -3.48. The zero-order valence-electron chi connectivity index (χ0n) is 19.5. The number of hydrazine groups is 1. The lowest BCUT2D eigenvalue weighted by atomic mass is 9.97. The predicted octanol–water partition coefficient (Wildman–Crippen LogP) is 1.86. The number of sulfone groups is 1. The van der Waals surface area contributed by atoms with Gasteiger partial charge in [-0.15, -0.1) is 0 Å². The van der Waals surface area contributed by atoms with Gasteiger partial charge in [-0.3, -0.25) is 15.2 Å². The number of piperidine rings is 1. The third kappa shape index (κ3) is 4.89. The Bertz CT molecular complexity index is 1230. The average molecular weight is 510 g/mol. The van der Waals surface area contributed by atoms with Crippen molar-refractivity contribution in [1.82, 2.24) is 25.7 Å². The van der Waals surface area contributed by atoms with Gasteiger partial charge in [-0.25, -0.2) is 18.8 Å². The standard InChI is InChI=1S/C22H29F2N7O3S/c1-11-5-19(30-29-11)27-18-9-17-16(8-15(10-25-17)35(2,33)34)21(28-18)26-12-6-13-3-4-14(7-12)31(13)22(32)20(23)24/h8-14,19-20,29-30H,3-7H2,1-2H3,(H2,26,27,28)/t11?,12?,13-,14+,19?. The first-order chi connectivity index (χ1) is 16.6. The van der Waals surface area contributed by atoms with E-state index >= 15 is 0 Å². The molecule has 5 heterocycles. The zero-order chi connectivity index (χ0) is 24.9. The van der Waals surface area contributed by atoms with Crippen molar-refractivity contribution in [3.8, 4) is 0 Å². The predicted molar refractivity (Wildman–Crippen MR) is 127 cm³/mol. The quantitative estimate of drug-likeness (QED) is 0.461. The molecule has 0 radical (unpaired) electrons. The normalized spacial score (nSPS) is 28.6. The van der Waals surface area contributed by atoms with Gasteiger partial charge in [0.15, 0.2) is 9.84 Å². The molecular formula is C22H29F2N7O3S. The van der Waals surface area contributed by atoms with Crippen LogP contribution in [0.25, 0.3) is 10.9 Å². The van der Waals surface area contributed by atoms with Crippen LogP contribution in [0.5, 0.6) is 0 Å². The Labute approximate surface area is 202 Å². The highest BCUT2D eigenvalue weighted by molar-refractivity contribution is 7.90. The Balaban J connectivity index is 1.45. The van der Waals surface area contributed by atoms with E-state index in [0.717, 1.165) is 12.7 Å². The molecule has 3 fully saturated rings. The van der Waals surface area contributed by atoms with Gasteiger partial charge in [0, 0.05) is 48.1 Å². The van der Waals surface area contributed by atoms with Gasteiger partial charge in [-0.1, -0.05) is 0 Å². The zero-order valence-corrected chi connectivity index (χ0v) is 20.3. The fraction of sp³-hybridized carbons (Fsp3) is 0.591. The number of rotatable bonds is 6. The number of carbonyl (C=O) groups excluding carboxylic acids is 1. The summed E-state index contributed by atoms with van der Waals surface area (Å²) in [5.41, 5.74) is 6.88. The van der Waals surface area contributed by atoms with Crippen molar-refractivity contribution in [3.05, 3.63) is 18.3 Å². The first kappa shape index (κ1) is 24.1. The summed E-state index contributed by atoms with van der Waals surface area (Å²) in [6, 6.07) is 3.01. The molecule has 190 valence electrons. The number of nitrogens with one attached hydrogen (secondary N) is 4. The first-order valence-electron chi connectivity index (χ1n) is 11.7. The highest BCUT2D eigenvalue weighted by Crippen LogP contribution is 2.38. The Kier molecular flexibility index (Phi) is 6.26. The molecule has 4 N–H and O–H groups in total. The smallest absolute Gasteiger partial charge is 0.315 e. The Morgan fingerprint density at radius 2 is 1.86 bits per heavy atom. The summed E-state index contributed by atoms with van der Waals surface area (Å²) in [6.45, 7) is 2.06. The minimum Gasteiger partial charge on any atom is -0.367 e. The van der Waals surface area contributed by atoms with Crippen molar-refractivity contribution in [2.75, 3.05) is 16.9 Å². The van der Waals surface area contributed by atoms with E-state index in [1.165, 1.54) is 11.1 Å². The van der Waals surface area contributed by atoms with Crippen molar-refractivity contribution in [2.45, 2.75) is 80.7 Å². The van der Waals surface area contributed by atoms with Crippen molar-refractivity contribution in [2.24, 2.45) is 0 Å². The van der Waals surface area contributed by atoms with E-state index in [1.807, 2.05) is 0 Å². The van der Waals surface area contributed by atoms with Crippen LogP contribution in [0.2, 0.25) is 0 Å². The molecule has 2 bridgehead atoms. The molecule has 3 aliphatic rings. The molecule has 10 nitrogen and oxygen atoms in total. The van der Waals surface area contributed by atoms with Gasteiger partial charge in [0.05, 0.1) is 16.6 Å². The van der Waals surface area contributed by atoms with E-state index in [2.05, 4.69) is 33.4 Å². The lowest BCUT2D eigenvalue weighted by Gasteiger charge is -2.39. The van der Waals surface area contributed by atoms with Crippen LogP contribution in [0.15, 0.2) is 23.2 Å². The fourth-order valence-electron chi connectivity index (χ4n) is 5.44. The molecule has 0 aromatic carbocycles. The number of fused-ring (bicyclic) bond motifs is 3. The second-order valence-corrected chi connectivity index (χ2v) is 11.7. The number of nitrogens with zero attached hydrogens (tertiary/aromatic N) is 3. The van der Waals surface area contributed by atoms with Gasteiger partial charge in [0.25, 0.3) is 5.91 Å². The van der Waals surface area contributed by atoms with Crippen LogP contribution in [-0.2, 0) is 14.6 Å². The van der Waals surface area contributed by atoms with Crippen molar-refractivity contribution < 1.29 is 22.0 Å². The van der Waals surface area contributed by atoms with Crippen LogP contribution in [0.4, 0.5) is 20.4 Å². The second-order valence-electron chi connectivity index (χ2n) is 9.73. The molecule has 5 atom stereocenters. The van der Waals surface area contributed by atoms with Gasteiger partial charge in [0.1, 0.15) is 11.6 Å². The minimum absolute atomic E-state index is 0.0439. The highest BCUT2D eigenvalue weighted by Gasteiger charge is 2.45. The topological polar surface area (TPSA) is 128 Å². The summed E-state index contributed by atoms with van der Waals surface area (Å²) < 4.78 is 50.5. The Morgan fingerprint density at radius 3 is 2.46 bits per heavy atom. The maximum atomic E-state index is 13.1. The monoisotopic (exact) mass is 509 g/mol. The van der Waals surface area contributed by atoms with Gasteiger partial charge in [0.2, 0.25) is 0 Å². The van der Waals surface area contributed by atoms with E-state index in [-0.39, 0.29) is 35.2 Å².